The Hall–Kier alpha value is -2.37. The summed E-state index contributed by atoms with van der Waals surface area (Å²) >= 11 is 0. The Morgan fingerprint density at radius 2 is 2.19 bits per heavy atom. The molecule has 0 spiro atoms. The van der Waals surface area contributed by atoms with Gasteiger partial charge in [0.15, 0.2) is 0 Å². The molecule has 0 saturated carbocycles. The van der Waals surface area contributed by atoms with Gasteiger partial charge in [-0.3, -0.25) is 9.50 Å². The highest BCUT2D eigenvalue weighted by molar-refractivity contribution is 5.64. The van der Waals surface area contributed by atoms with Crippen LogP contribution in [-0.4, -0.2) is 24.6 Å². The van der Waals surface area contributed by atoms with Crippen LogP contribution in [0.25, 0.3) is 5.52 Å². The van der Waals surface area contributed by atoms with E-state index in [4.69, 9.17) is 4.98 Å². The van der Waals surface area contributed by atoms with Crippen LogP contribution in [0.15, 0.2) is 18.5 Å². The Morgan fingerprint density at radius 3 is 2.86 bits per heavy atom. The molecule has 6 nitrogen and oxygen atoms in total. The summed E-state index contributed by atoms with van der Waals surface area (Å²) in [6.07, 6.45) is 6.57. The van der Waals surface area contributed by atoms with Gasteiger partial charge in [0.2, 0.25) is 5.95 Å². The lowest BCUT2D eigenvalue weighted by Gasteiger charge is -2.11. The lowest BCUT2D eigenvalue weighted by molar-refractivity contribution is 0.822. The van der Waals surface area contributed by atoms with E-state index in [9.17, 15) is 0 Å². The second kappa shape index (κ2) is 5.55. The van der Waals surface area contributed by atoms with Crippen LogP contribution in [0.4, 0.5) is 11.8 Å². The van der Waals surface area contributed by atoms with Gasteiger partial charge in [0.05, 0.1) is 17.4 Å². The molecule has 0 aliphatic rings. The summed E-state index contributed by atoms with van der Waals surface area (Å²) in [7, 11) is 0. The topological polar surface area (TPSA) is 70.9 Å². The van der Waals surface area contributed by atoms with Crippen molar-refractivity contribution in [2.75, 3.05) is 5.32 Å². The van der Waals surface area contributed by atoms with E-state index in [1.807, 2.05) is 12.3 Å². The molecule has 6 heteroatoms. The summed E-state index contributed by atoms with van der Waals surface area (Å²) in [5.74, 6) is 2.65. The van der Waals surface area contributed by atoms with Gasteiger partial charge in [-0.1, -0.05) is 13.8 Å². The summed E-state index contributed by atoms with van der Waals surface area (Å²) in [5, 5.41) is 10.1. The van der Waals surface area contributed by atoms with E-state index in [1.54, 1.807) is 6.20 Å². The second-order valence-electron chi connectivity index (χ2n) is 5.10. The number of aryl methyl sites for hydroxylation is 3. The zero-order valence-corrected chi connectivity index (χ0v) is 12.6. The number of anilines is 2. The van der Waals surface area contributed by atoms with Gasteiger partial charge in [-0.25, -0.2) is 9.97 Å². The van der Waals surface area contributed by atoms with Gasteiger partial charge in [0.25, 0.3) is 0 Å². The van der Waals surface area contributed by atoms with Crippen LogP contribution in [-0.2, 0) is 12.8 Å². The first-order valence-electron chi connectivity index (χ1n) is 7.36. The molecule has 3 heterocycles. The van der Waals surface area contributed by atoms with Crippen molar-refractivity contribution in [2.45, 2.75) is 40.0 Å². The maximum absolute atomic E-state index is 4.74. The second-order valence-corrected chi connectivity index (χ2v) is 5.10. The zero-order valence-electron chi connectivity index (χ0n) is 12.6. The Labute approximate surface area is 123 Å². The van der Waals surface area contributed by atoms with Gasteiger partial charge in [-0.15, -0.1) is 0 Å². The molecule has 110 valence electrons. The van der Waals surface area contributed by atoms with Crippen LogP contribution < -0.4 is 5.32 Å². The molecular weight excluding hydrogens is 264 g/mol. The van der Waals surface area contributed by atoms with E-state index in [1.165, 1.54) is 5.56 Å². The van der Waals surface area contributed by atoms with E-state index in [-0.39, 0.29) is 0 Å². The monoisotopic (exact) mass is 284 g/mol. The standard InChI is InChI=1S/C15H20N6/c1-4-6-13-18-10(3)14-11(5-2)9-16-15(21(13)14)19-12-7-8-17-20-12/h7-9H,4-6H2,1-3H3,(H2,16,17,19,20). The van der Waals surface area contributed by atoms with Gasteiger partial charge in [0.1, 0.15) is 11.6 Å². The molecule has 0 amide bonds. The van der Waals surface area contributed by atoms with Crippen LogP contribution >= 0.6 is 0 Å². The molecule has 0 bridgehead atoms. The minimum atomic E-state index is 0.774. The number of imidazole rings is 1. The molecule has 3 aromatic heterocycles. The third-order valence-corrected chi connectivity index (χ3v) is 3.58. The van der Waals surface area contributed by atoms with Crippen molar-refractivity contribution in [3.8, 4) is 0 Å². The first-order chi connectivity index (χ1) is 10.2. The minimum absolute atomic E-state index is 0.774. The Kier molecular flexibility index (Phi) is 3.60. The van der Waals surface area contributed by atoms with E-state index < -0.39 is 0 Å². The number of hydrogen-bond acceptors (Lipinski definition) is 4. The molecule has 0 unspecified atom stereocenters. The van der Waals surface area contributed by atoms with Crippen LogP contribution in [0.1, 0.15) is 37.4 Å². The molecule has 3 aromatic rings. The Morgan fingerprint density at radius 1 is 1.33 bits per heavy atom. The average molecular weight is 284 g/mol. The van der Waals surface area contributed by atoms with E-state index in [2.05, 4.69) is 45.7 Å². The molecular formula is C15H20N6. The fraction of sp³-hybridized carbons (Fsp3) is 0.400. The number of nitrogens with zero attached hydrogens (tertiary/aromatic N) is 4. The number of aromatic nitrogens is 5. The molecule has 0 radical (unpaired) electrons. The van der Waals surface area contributed by atoms with E-state index in [0.717, 1.165) is 48.1 Å². The van der Waals surface area contributed by atoms with E-state index >= 15 is 0 Å². The third kappa shape index (κ3) is 2.37. The first kappa shape index (κ1) is 13.6. The number of aromatic amines is 1. The largest absolute Gasteiger partial charge is 0.310 e. The maximum atomic E-state index is 4.74. The molecule has 0 aromatic carbocycles. The molecule has 0 aliphatic heterocycles. The SMILES string of the molecule is CCCc1nc(C)c2c(CC)cnc(Nc3ccn[nH]3)n12. The van der Waals surface area contributed by atoms with Gasteiger partial charge in [-0.2, -0.15) is 5.10 Å². The Balaban J connectivity index is 2.19. The fourth-order valence-corrected chi connectivity index (χ4v) is 2.63. The quantitative estimate of drug-likeness (QED) is 0.755. The van der Waals surface area contributed by atoms with Crippen molar-refractivity contribution in [1.29, 1.82) is 0 Å². The van der Waals surface area contributed by atoms with Crippen LogP contribution in [0.5, 0.6) is 0 Å². The van der Waals surface area contributed by atoms with Crippen LogP contribution in [0.3, 0.4) is 0 Å². The van der Waals surface area contributed by atoms with Crippen LogP contribution in [0, 0.1) is 6.92 Å². The molecule has 21 heavy (non-hydrogen) atoms. The molecule has 0 atom stereocenters. The van der Waals surface area contributed by atoms with Crippen molar-refractivity contribution < 1.29 is 0 Å². The highest BCUT2D eigenvalue weighted by Crippen LogP contribution is 2.23. The Bertz CT molecular complexity index is 741. The smallest absolute Gasteiger partial charge is 0.214 e. The van der Waals surface area contributed by atoms with Gasteiger partial charge in [0, 0.05) is 18.7 Å². The van der Waals surface area contributed by atoms with Crippen molar-refractivity contribution in [3.63, 3.8) is 0 Å². The highest BCUT2D eigenvalue weighted by Gasteiger charge is 2.15. The van der Waals surface area contributed by atoms with Gasteiger partial charge in [-0.05, 0) is 25.3 Å². The van der Waals surface area contributed by atoms with Crippen LogP contribution in [0.2, 0.25) is 0 Å². The van der Waals surface area contributed by atoms with E-state index in [0.29, 0.717) is 0 Å². The molecule has 2 N–H and O–H groups in total. The first-order valence-corrected chi connectivity index (χ1v) is 7.36. The lowest BCUT2D eigenvalue weighted by Crippen LogP contribution is -2.06. The van der Waals surface area contributed by atoms with Crippen molar-refractivity contribution in [2.24, 2.45) is 0 Å². The summed E-state index contributed by atoms with van der Waals surface area (Å²) in [6.45, 7) is 6.37. The fourth-order valence-electron chi connectivity index (χ4n) is 2.63. The normalized spacial score (nSPS) is 11.2. The number of hydrogen-bond donors (Lipinski definition) is 2. The molecule has 0 fully saturated rings. The highest BCUT2D eigenvalue weighted by atomic mass is 15.3. The zero-order chi connectivity index (χ0) is 14.8. The van der Waals surface area contributed by atoms with Crippen molar-refractivity contribution in [1.82, 2.24) is 24.6 Å². The number of rotatable bonds is 5. The predicted octanol–water partition coefficient (Wildman–Crippen LogP) is 3.02. The summed E-state index contributed by atoms with van der Waals surface area (Å²) in [4.78, 5) is 9.31. The molecule has 0 aliphatic carbocycles. The number of H-pyrrole nitrogens is 1. The summed E-state index contributed by atoms with van der Waals surface area (Å²) in [6, 6.07) is 1.88. The minimum Gasteiger partial charge on any atom is -0.310 e. The van der Waals surface area contributed by atoms with Gasteiger partial charge >= 0.3 is 0 Å². The predicted molar refractivity (Wildman–Crippen MR) is 83.0 cm³/mol. The third-order valence-electron chi connectivity index (χ3n) is 3.58. The van der Waals surface area contributed by atoms with Gasteiger partial charge < -0.3 is 5.32 Å². The van der Waals surface area contributed by atoms with Crippen molar-refractivity contribution in [3.05, 3.63) is 35.5 Å². The summed E-state index contributed by atoms with van der Waals surface area (Å²) in [5.41, 5.74) is 3.45. The number of fused-ring (bicyclic) bond motifs is 1. The summed E-state index contributed by atoms with van der Waals surface area (Å²) < 4.78 is 2.14. The lowest BCUT2D eigenvalue weighted by atomic mass is 10.2. The average Bonchev–Trinajstić information content (AvgIpc) is 3.09. The molecule has 0 saturated heterocycles. The number of nitrogens with one attached hydrogen (secondary N) is 2. The molecule has 3 rings (SSSR count). The maximum Gasteiger partial charge on any atom is 0.214 e. The van der Waals surface area contributed by atoms with Crippen molar-refractivity contribution >= 4 is 17.3 Å².